The van der Waals surface area contributed by atoms with Gasteiger partial charge in [0.1, 0.15) is 0 Å². The smallest absolute Gasteiger partial charge is 0.255 e. The normalized spacial score (nSPS) is 14.5. The Morgan fingerprint density at radius 3 is 2.50 bits per heavy atom. The molecule has 0 bridgehead atoms. The molecule has 1 amide bonds. The van der Waals surface area contributed by atoms with Crippen LogP contribution in [-0.4, -0.2) is 56.3 Å². The number of hydrogen-bond acceptors (Lipinski definition) is 7. The molecule has 0 spiro atoms. The maximum absolute atomic E-state index is 12.5. The van der Waals surface area contributed by atoms with Crippen molar-refractivity contribution in [2.75, 3.05) is 42.3 Å². The van der Waals surface area contributed by atoms with Gasteiger partial charge in [-0.05, 0) is 37.6 Å². The number of nitrogens with one attached hydrogen (secondary N) is 2. The number of carbonyl (C=O) groups excluding carboxylic acids is 1. The lowest BCUT2D eigenvalue weighted by Gasteiger charge is -2.27. The second kappa shape index (κ2) is 9.40. The molecule has 2 heterocycles. The van der Waals surface area contributed by atoms with Gasteiger partial charge in [0.25, 0.3) is 5.56 Å². The van der Waals surface area contributed by atoms with Crippen molar-refractivity contribution in [3.63, 3.8) is 0 Å². The van der Waals surface area contributed by atoms with Gasteiger partial charge in [-0.3, -0.25) is 14.6 Å². The summed E-state index contributed by atoms with van der Waals surface area (Å²) in [6.07, 6.45) is 0.364. The molecule has 0 saturated carbocycles. The van der Waals surface area contributed by atoms with Gasteiger partial charge in [-0.25, -0.2) is 13.4 Å². The second-order valence-corrected chi connectivity index (χ2v) is 9.31. The van der Waals surface area contributed by atoms with Crippen LogP contribution < -0.4 is 15.8 Å². The Kier molecular flexibility index (Phi) is 6.88. The highest BCUT2D eigenvalue weighted by atomic mass is 32.2. The zero-order valence-electron chi connectivity index (χ0n) is 17.1. The van der Waals surface area contributed by atoms with E-state index in [1.807, 2.05) is 4.90 Å². The van der Waals surface area contributed by atoms with Crippen molar-refractivity contribution < 1.29 is 17.9 Å². The fourth-order valence-electron chi connectivity index (χ4n) is 3.19. The molecular formula is C20H26N4O5S. The van der Waals surface area contributed by atoms with Crippen LogP contribution in [0.2, 0.25) is 0 Å². The minimum atomic E-state index is -3.28. The lowest BCUT2D eigenvalue weighted by atomic mass is 10.1. The minimum Gasteiger partial charge on any atom is -0.378 e. The van der Waals surface area contributed by atoms with Crippen LogP contribution in [0.25, 0.3) is 0 Å². The van der Waals surface area contributed by atoms with Gasteiger partial charge >= 0.3 is 0 Å². The highest BCUT2D eigenvalue weighted by Crippen LogP contribution is 2.16. The van der Waals surface area contributed by atoms with Gasteiger partial charge in [-0.15, -0.1) is 0 Å². The number of aryl methyl sites for hydroxylation is 1. The number of H-pyrrole nitrogens is 1. The fraction of sp³-hybridized carbons (Fsp3) is 0.450. The van der Waals surface area contributed by atoms with Crippen molar-refractivity contribution in [2.45, 2.75) is 31.6 Å². The van der Waals surface area contributed by atoms with E-state index in [0.29, 0.717) is 49.2 Å². The van der Waals surface area contributed by atoms with Gasteiger partial charge in [0.05, 0.1) is 23.9 Å². The molecule has 1 aliphatic rings. The summed E-state index contributed by atoms with van der Waals surface area (Å²) >= 11 is 0. The van der Waals surface area contributed by atoms with Crippen LogP contribution in [-0.2, 0) is 25.8 Å². The van der Waals surface area contributed by atoms with Crippen LogP contribution in [0, 0.1) is 6.92 Å². The first-order valence-electron chi connectivity index (χ1n) is 9.85. The number of carbonyl (C=O) groups is 1. The molecule has 30 heavy (non-hydrogen) atoms. The van der Waals surface area contributed by atoms with Crippen molar-refractivity contribution in [1.82, 2.24) is 9.97 Å². The summed E-state index contributed by atoms with van der Waals surface area (Å²) in [7, 11) is -3.28. The number of benzene rings is 1. The molecule has 162 valence electrons. The molecule has 1 aliphatic heterocycles. The molecule has 0 radical (unpaired) electrons. The van der Waals surface area contributed by atoms with E-state index in [4.69, 9.17) is 4.74 Å². The summed E-state index contributed by atoms with van der Waals surface area (Å²) in [6, 6.07) is 6.05. The van der Waals surface area contributed by atoms with Gasteiger partial charge in [0.15, 0.2) is 9.84 Å². The van der Waals surface area contributed by atoms with Crippen LogP contribution in [0.4, 0.5) is 11.6 Å². The summed E-state index contributed by atoms with van der Waals surface area (Å²) in [5.41, 5.74) is 1.33. The monoisotopic (exact) mass is 434 g/mol. The molecule has 2 aromatic rings. The number of aromatic amines is 1. The highest BCUT2D eigenvalue weighted by Gasteiger charge is 2.17. The molecule has 2 N–H and O–H groups in total. The van der Waals surface area contributed by atoms with Crippen LogP contribution in [0.15, 0.2) is 34.0 Å². The first-order chi connectivity index (χ1) is 14.3. The van der Waals surface area contributed by atoms with E-state index in [0.717, 1.165) is 0 Å². The summed E-state index contributed by atoms with van der Waals surface area (Å²) < 4.78 is 29.0. The van der Waals surface area contributed by atoms with Crippen molar-refractivity contribution in [2.24, 2.45) is 0 Å². The summed E-state index contributed by atoms with van der Waals surface area (Å²) in [4.78, 5) is 34.2. The average Bonchev–Trinajstić information content (AvgIpc) is 2.74. The fourth-order valence-corrected chi connectivity index (χ4v) is 4.07. The minimum absolute atomic E-state index is 0.0188. The van der Waals surface area contributed by atoms with Crippen LogP contribution in [0.1, 0.15) is 24.6 Å². The second-order valence-electron chi connectivity index (χ2n) is 7.03. The summed E-state index contributed by atoms with van der Waals surface area (Å²) in [5.74, 6) is 0.276. The highest BCUT2D eigenvalue weighted by molar-refractivity contribution is 7.91. The average molecular weight is 435 g/mol. The molecule has 1 fully saturated rings. The van der Waals surface area contributed by atoms with Crippen molar-refractivity contribution >= 4 is 27.4 Å². The third-order valence-corrected chi connectivity index (χ3v) is 6.75. The lowest BCUT2D eigenvalue weighted by molar-refractivity contribution is -0.116. The van der Waals surface area contributed by atoms with Gasteiger partial charge in [-0.2, -0.15) is 0 Å². The molecule has 1 aromatic carbocycles. The third-order valence-electron chi connectivity index (χ3n) is 5.00. The van der Waals surface area contributed by atoms with Crippen LogP contribution in [0.5, 0.6) is 0 Å². The molecule has 9 nitrogen and oxygen atoms in total. The topological polar surface area (TPSA) is 121 Å². The molecule has 10 heteroatoms. The molecule has 0 unspecified atom stereocenters. The van der Waals surface area contributed by atoms with E-state index in [1.54, 1.807) is 26.0 Å². The molecule has 0 atom stereocenters. The van der Waals surface area contributed by atoms with Crippen LogP contribution in [0.3, 0.4) is 0 Å². The van der Waals surface area contributed by atoms with Gasteiger partial charge in [0.2, 0.25) is 11.9 Å². The molecule has 1 aromatic heterocycles. The molecule has 0 aliphatic carbocycles. The number of rotatable bonds is 7. The predicted molar refractivity (Wildman–Crippen MR) is 114 cm³/mol. The van der Waals surface area contributed by atoms with E-state index in [-0.39, 0.29) is 35.0 Å². The van der Waals surface area contributed by atoms with Crippen molar-refractivity contribution in [1.29, 1.82) is 0 Å². The Balaban J connectivity index is 1.61. The van der Waals surface area contributed by atoms with Crippen LogP contribution >= 0.6 is 0 Å². The zero-order valence-corrected chi connectivity index (χ0v) is 17.9. The van der Waals surface area contributed by atoms with E-state index in [1.165, 1.54) is 12.1 Å². The first kappa shape index (κ1) is 22.0. The van der Waals surface area contributed by atoms with E-state index in [9.17, 15) is 18.0 Å². The SMILES string of the molecule is CCS(=O)(=O)c1ccc(NC(=O)CCc2c(C)nc(N3CCOCC3)[nH]c2=O)cc1. The van der Waals surface area contributed by atoms with E-state index in [2.05, 4.69) is 15.3 Å². The first-order valence-corrected chi connectivity index (χ1v) is 11.5. The van der Waals surface area contributed by atoms with Gasteiger partial charge in [0, 0.05) is 36.5 Å². The largest absolute Gasteiger partial charge is 0.378 e. The Hall–Kier alpha value is -2.72. The number of aromatic nitrogens is 2. The number of sulfone groups is 1. The van der Waals surface area contributed by atoms with Crippen molar-refractivity contribution in [3.05, 3.63) is 45.9 Å². The maximum atomic E-state index is 12.5. The lowest BCUT2D eigenvalue weighted by Crippen LogP contribution is -2.38. The number of anilines is 2. The Bertz CT molecular complexity index is 1060. The maximum Gasteiger partial charge on any atom is 0.255 e. The quantitative estimate of drug-likeness (QED) is 0.673. The van der Waals surface area contributed by atoms with E-state index >= 15 is 0 Å². The Morgan fingerprint density at radius 1 is 1.23 bits per heavy atom. The number of nitrogens with zero attached hydrogens (tertiary/aromatic N) is 2. The predicted octanol–water partition coefficient (Wildman–Crippen LogP) is 1.28. The third kappa shape index (κ3) is 5.25. The number of ether oxygens (including phenoxy) is 1. The Morgan fingerprint density at radius 2 is 1.90 bits per heavy atom. The molecular weight excluding hydrogens is 408 g/mol. The zero-order chi connectivity index (χ0) is 21.7. The number of hydrogen-bond donors (Lipinski definition) is 2. The number of amides is 1. The van der Waals surface area contributed by atoms with Gasteiger partial charge in [-0.1, -0.05) is 6.92 Å². The summed E-state index contributed by atoms with van der Waals surface area (Å²) in [5, 5.41) is 2.72. The van der Waals surface area contributed by atoms with Crippen molar-refractivity contribution in [3.8, 4) is 0 Å². The Labute approximate surface area is 175 Å². The molecule has 3 rings (SSSR count). The summed E-state index contributed by atoms with van der Waals surface area (Å²) in [6.45, 7) is 5.87. The number of morpholine rings is 1. The molecule has 1 saturated heterocycles. The van der Waals surface area contributed by atoms with Gasteiger partial charge < -0.3 is 15.0 Å². The van der Waals surface area contributed by atoms with E-state index < -0.39 is 9.84 Å². The standard InChI is InChI=1S/C20H26N4O5S/c1-3-30(27,28)16-6-4-15(5-7-16)22-18(25)9-8-17-14(2)21-20(23-19(17)26)24-10-12-29-13-11-24/h4-7H,3,8-13H2,1-2H3,(H,22,25)(H,21,23,26).